The third kappa shape index (κ3) is 3.61. The Balaban J connectivity index is 2.24. The maximum atomic E-state index is 12.8. The molecule has 1 atom stereocenters. The second-order valence-corrected chi connectivity index (χ2v) is 8.22. The molecule has 1 fully saturated rings. The number of hydrogen-bond acceptors (Lipinski definition) is 3. The van der Waals surface area contributed by atoms with Crippen LogP contribution in [0.15, 0.2) is 33.6 Å². The highest BCUT2D eigenvalue weighted by molar-refractivity contribution is 9.10. The quantitative estimate of drug-likeness (QED) is 0.877. The lowest BCUT2D eigenvalue weighted by Gasteiger charge is -2.28. The van der Waals surface area contributed by atoms with E-state index in [1.54, 1.807) is 28.6 Å². The average Bonchev–Trinajstić information content (AvgIpc) is 2.89. The second-order valence-electron chi connectivity index (χ2n) is 5.42. The Hall–Kier alpha value is -0.430. The highest BCUT2D eigenvalue weighted by atomic mass is 79.9. The van der Waals surface area contributed by atoms with Crippen LogP contribution in [0.25, 0.3) is 0 Å². The van der Waals surface area contributed by atoms with Crippen LogP contribution in [-0.2, 0) is 10.0 Å². The highest BCUT2D eigenvalue weighted by Crippen LogP contribution is 2.22. The van der Waals surface area contributed by atoms with Gasteiger partial charge in [0, 0.05) is 23.1 Å². The van der Waals surface area contributed by atoms with E-state index in [1.165, 1.54) is 0 Å². The molecule has 0 aromatic heterocycles. The minimum atomic E-state index is -3.43. The van der Waals surface area contributed by atoms with Crippen molar-refractivity contribution in [3.8, 4) is 0 Å². The fourth-order valence-electron chi connectivity index (χ4n) is 2.46. The van der Waals surface area contributed by atoms with E-state index in [0.29, 0.717) is 11.4 Å². The predicted octanol–water partition coefficient (Wildman–Crippen LogP) is 2.60. The molecule has 0 saturated carbocycles. The number of halogens is 1. The number of hydrogen-bond donors (Lipinski definition) is 1. The molecule has 0 radical (unpaired) electrons. The largest absolute Gasteiger partial charge is 0.313 e. The number of sulfonamides is 1. The van der Waals surface area contributed by atoms with E-state index in [0.717, 1.165) is 23.9 Å². The van der Waals surface area contributed by atoms with Crippen molar-refractivity contribution < 1.29 is 8.42 Å². The molecule has 1 aliphatic heterocycles. The molecule has 0 spiro atoms. The summed E-state index contributed by atoms with van der Waals surface area (Å²) < 4.78 is 28.0. The Labute approximate surface area is 129 Å². The van der Waals surface area contributed by atoms with Gasteiger partial charge in [-0.2, -0.15) is 4.31 Å². The Morgan fingerprint density at radius 2 is 2.00 bits per heavy atom. The fraction of sp³-hybridized carbons (Fsp3) is 0.571. The Morgan fingerprint density at radius 3 is 2.50 bits per heavy atom. The molecule has 1 saturated heterocycles. The molecule has 2 rings (SSSR count). The van der Waals surface area contributed by atoms with E-state index >= 15 is 0 Å². The summed E-state index contributed by atoms with van der Waals surface area (Å²) in [5, 5.41) is 3.36. The molecule has 1 aromatic carbocycles. The van der Waals surface area contributed by atoms with Gasteiger partial charge in [0.05, 0.1) is 4.90 Å². The van der Waals surface area contributed by atoms with Gasteiger partial charge in [-0.15, -0.1) is 0 Å². The first-order valence-electron chi connectivity index (χ1n) is 6.92. The maximum Gasteiger partial charge on any atom is 0.243 e. The van der Waals surface area contributed by atoms with Crippen molar-refractivity contribution in [2.75, 3.05) is 13.1 Å². The Bertz CT molecular complexity index is 537. The van der Waals surface area contributed by atoms with Gasteiger partial charge in [-0.05, 0) is 57.5 Å². The van der Waals surface area contributed by atoms with Crippen LogP contribution >= 0.6 is 15.9 Å². The van der Waals surface area contributed by atoms with Gasteiger partial charge in [-0.3, -0.25) is 0 Å². The van der Waals surface area contributed by atoms with Crippen molar-refractivity contribution in [3.05, 3.63) is 28.7 Å². The van der Waals surface area contributed by atoms with Crippen LogP contribution in [0, 0.1) is 0 Å². The normalized spacial score (nSPS) is 19.9. The zero-order chi connectivity index (χ0) is 14.8. The lowest BCUT2D eigenvalue weighted by molar-refractivity contribution is 0.322. The molecule has 112 valence electrons. The summed E-state index contributed by atoms with van der Waals surface area (Å²) in [6.07, 6.45) is 2.16. The molecule has 0 aliphatic carbocycles. The summed E-state index contributed by atoms with van der Waals surface area (Å²) in [6.45, 7) is 5.36. The minimum absolute atomic E-state index is 0.0500. The first-order chi connectivity index (χ1) is 9.41. The van der Waals surface area contributed by atoms with Gasteiger partial charge in [0.15, 0.2) is 0 Å². The number of nitrogens with zero attached hydrogens (tertiary/aromatic N) is 1. The van der Waals surface area contributed by atoms with Crippen molar-refractivity contribution in [1.29, 1.82) is 0 Å². The zero-order valence-corrected chi connectivity index (χ0v) is 14.2. The molecular weight excluding hydrogens is 340 g/mol. The minimum Gasteiger partial charge on any atom is -0.313 e. The summed E-state index contributed by atoms with van der Waals surface area (Å²) in [5.74, 6) is 0. The van der Waals surface area contributed by atoms with Crippen LogP contribution in [0.4, 0.5) is 0 Å². The maximum absolute atomic E-state index is 12.8. The lowest BCUT2D eigenvalue weighted by Crippen LogP contribution is -2.44. The summed E-state index contributed by atoms with van der Waals surface area (Å²) in [7, 11) is -3.43. The molecule has 6 heteroatoms. The van der Waals surface area contributed by atoms with Gasteiger partial charge in [-0.25, -0.2) is 8.42 Å². The number of nitrogens with one attached hydrogen (secondary N) is 1. The highest BCUT2D eigenvalue weighted by Gasteiger charge is 2.30. The predicted molar refractivity (Wildman–Crippen MR) is 84.2 cm³/mol. The average molecular weight is 361 g/mol. The van der Waals surface area contributed by atoms with Crippen LogP contribution in [0.5, 0.6) is 0 Å². The van der Waals surface area contributed by atoms with E-state index in [2.05, 4.69) is 21.2 Å². The smallest absolute Gasteiger partial charge is 0.243 e. The second kappa shape index (κ2) is 6.56. The van der Waals surface area contributed by atoms with Gasteiger partial charge in [-0.1, -0.05) is 15.9 Å². The van der Waals surface area contributed by atoms with Gasteiger partial charge in [0.25, 0.3) is 0 Å². The fourth-order valence-corrected chi connectivity index (χ4v) is 4.40. The van der Waals surface area contributed by atoms with Gasteiger partial charge < -0.3 is 5.32 Å². The summed E-state index contributed by atoms with van der Waals surface area (Å²) in [5.41, 5.74) is 0. The molecule has 1 heterocycles. The van der Waals surface area contributed by atoms with E-state index < -0.39 is 10.0 Å². The molecular formula is C14H21BrN2O2S. The van der Waals surface area contributed by atoms with Crippen LogP contribution in [-0.4, -0.2) is 37.9 Å². The summed E-state index contributed by atoms with van der Waals surface area (Å²) in [6, 6.07) is 7.04. The lowest BCUT2D eigenvalue weighted by atomic mass is 10.2. The third-order valence-corrected chi connectivity index (χ3v) is 6.14. The summed E-state index contributed by atoms with van der Waals surface area (Å²) >= 11 is 3.33. The topological polar surface area (TPSA) is 49.4 Å². The van der Waals surface area contributed by atoms with Crippen LogP contribution < -0.4 is 5.32 Å². The molecule has 1 N–H and O–H groups in total. The van der Waals surface area contributed by atoms with Crippen molar-refractivity contribution in [3.63, 3.8) is 0 Å². The number of benzene rings is 1. The van der Waals surface area contributed by atoms with Crippen LogP contribution in [0.1, 0.15) is 26.7 Å². The van der Waals surface area contributed by atoms with Crippen LogP contribution in [0.2, 0.25) is 0 Å². The molecule has 0 bridgehead atoms. The number of rotatable bonds is 5. The van der Waals surface area contributed by atoms with Crippen LogP contribution in [0.3, 0.4) is 0 Å². The van der Waals surface area contributed by atoms with Gasteiger partial charge in [0.2, 0.25) is 10.0 Å². The monoisotopic (exact) mass is 360 g/mol. The SMILES string of the molecule is CC(C)N(CC1CCCN1)S(=O)(=O)c1ccc(Br)cc1. The Kier molecular flexibility index (Phi) is 5.23. The van der Waals surface area contributed by atoms with Gasteiger partial charge >= 0.3 is 0 Å². The van der Waals surface area contributed by atoms with E-state index in [1.807, 2.05) is 13.8 Å². The van der Waals surface area contributed by atoms with E-state index in [9.17, 15) is 8.42 Å². The van der Waals surface area contributed by atoms with Crippen molar-refractivity contribution in [1.82, 2.24) is 9.62 Å². The molecule has 4 nitrogen and oxygen atoms in total. The third-order valence-electron chi connectivity index (χ3n) is 3.56. The van der Waals surface area contributed by atoms with Crippen molar-refractivity contribution in [2.24, 2.45) is 0 Å². The van der Waals surface area contributed by atoms with Crippen molar-refractivity contribution >= 4 is 26.0 Å². The van der Waals surface area contributed by atoms with E-state index in [-0.39, 0.29) is 12.1 Å². The first kappa shape index (κ1) is 15.9. The molecule has 1 aromatic rings. The zero-order valence-electron chi connectivity index (χ0n) is 11.8. The van der Waals surface area contributed by atoms with E-state index in [4.69, 9.17) is 0 Å². The molecule has 20 heavy (non-hydrogen) atoms. The molecule has 0 amide bonds. The molecule has 1 unspecified atom stereocenters. The standard InChI is InChI=1S/C14H21BrN2O2S/c1-11(2)17(10-13-4-3-9-16-13)20(18,19)14-7-5-12(15)6-8-14/h5-8,11,13,16H,3-4,9-10H2,1-2H3. The Morgan fingerprint density at radius 1 is 1.35 bits per heavy atom. The molecule has 1 aliphatic rings. The van der Waals surface area contributed by atoms with Gasteiger partial charge in [0.1, 0.15) is 0 Å². The van der Waals surface area contributed by atoms with Crippen molar-refractivity contribution in [2.45, 2.75) is 43.7 Å². The first-order valence-corrected chi connectivity index (χ1v) is 9.15. The summed E-state index contributed by atoms with van der Waals surface area (Å²) in [4.78, 5) is 0.354.